The number of likely N-dealkylation sites (tertiary alicyclic amines) is 1. The van der Waals surface area contributed by atoms with Crippen molar-refractivity contribution < 1.29 is 33.8 Å². The summed E-state index contributed by atoms with van der Waals surface area (Å²) in [7, 11) is 0. The number of ether oxygens (including phenoxy) is 2. The number of fused-ring (bicyclic) bond motifs is 3. The average molecular weight is 1030 g/mol. The summed E-state index contributed by atoms with van der Waals surface area (Å²) in [5.41, 5.74) is 6.85. The van der Waals surface area contributed by atoms with Crippen LogP contribution in [0.15, 0.2) is 89.2 Å². The van der Waals surface area contributed by atoms with E-state index in [0.29, 0.717) is 47.6 Å². The van der Waals surface area contributed by atoms with Crippen LogP contribution < -0.4 is 20.7 Å². The van der Waals surface area contributed by atoms with E-state index >= 15 is 0 Å². The Morgan fingerprint density at radius 1 is 0.917 bits per heavy atom. The van der Waals surface area contributed by atoms with Crippen molar-refractivity contribution in [3.05, 3.63) is 134 Å². The number of aliphatic hydroxyl groups excluding tert-OH is 1. The first-order valence-corrected chi connectivity index (χ1v) is 26.2. The van der Waals surface area contributed by atoms with Gasteiger partial charge in [-0.05, 0) is 104 Å². The molecule has 0 radical (unpaired) electrons. The minimum absolute atomic E-state index is 0.0170. The topological polar surface area (TPSA) is 189 Å². The van der Waals surface area contributed by atoms with E-state index in [1.54, 1.807) is 34.8 Å². The largest absolute Gasteiger partial charge is 0.494 e. The first-order chi connectivity index (χ1) is 34.4. The number of benzene rings is 3. The fourth-order valence-corrected chi connectivity index (χ4v) is 11.2. The molecular weight excluding hydrogens is 972 g/mol. The van der Waals surface area contributed by atoms with Gasteiger partial charge in [0.2, 0.25) is 23.6 Å². The van der Waals surface area contributed by atoms with Gasteiger partial charge >= 0.3 is 0 Å². The smallest absolute Gasteiger partial charge is 0.246 e. The highest BCUT2D eigenvalue weighted by atomic mass is 35.5. The molecule has 2 aliphatic rings. The molecular formula is C54H61ClN8O7S2. The Hall–Kier alpha value is -6.24. The van der Waals surface area contributed by atoms with Gasteiger partial charge in [-0.2, -0.15) is 0 Å². The number of carbonyl (C=O) groups is 4. The Morgan fingerprint density at radius 3 is 2.38 bits per heavy atom. The maximum Gasteiger partial charge on any atom is 0.246 e. The Bertz CT molecular complexity index is 2960. The van der Waals surface area contributed by atoms with Crippen LogP contribution in [0.1, 0.15) is 96.8 Å². The minimum Gasteiger partial charge on any atom is -0.494 e. The van der Waals surface area contributed by atoms with Crippen LogP contribution in [-0.2, 0) is 30.5 Å². The number of halogens is 1. The van der Waals surface area contributed by atoms with E-state index in [1.807, 2.05) is 92.9 Å². The van der Waals surface area contributed by atoms with Gasteiger partial charge in [0, 0.05) is 63.8 Å². The number of nitrogens with zero attached hydrogens (tertiary/aromatic N) is 5. The van der Waals surface area contributed by atoms with Gasteiger partial charge in [0.25, 0.3) is 0 Å². The van der Waals surface area contributed by atoms with Crippen LogP contribution in [0.5, 0.6) is 5.75 Å². The molecule has 3 aromatic heterocycles. The molecule has 6 aromatic rings. The lowest BCUT2D eigenvalue weighted by atomic mass is 9.85. The number of thiophene rings is 2. The molecule has 0 bridgehead atoms. The number of aromatic nitrogens is 3. The number of aliphatic imine (C=N–C) groups is 1. The van der Waals surface area contributed by atoms with Crippen molar-refractivity contribution in [2.24, 2.45) is 10.4 Å². The van der Waals surface area contributed by atoms with E-state index in [2.05, 4.69) is 58.4 Å². The van der Waals surface area contributed by atoms with Gasteiger partial charge in [-0.15, -0.1) is 32.9 Å². The summed E-state index contributed by atoms with van der Waals surface area (Å²) >= 11 is 9.60. The highest BCUT2D eigenvalue weighted by molar-refractivity contribution is 7.15. The summed E-state index contributed by atoms with van der Waals surface area (Å²) in [6.45, 7) is 14.3. The van der Waals surface area contributed by atoms with Crippen LogP contribution >= 0.6 is 34.3 Å². The number of aliphatic hydroxyl groups is 1. The molecule has 0 saturated carbocycles. The predicted molar refractivity (Wildman–Crippen MR) is 282 cm³/mol. The highest BCUT2D eigenvalue weighted by Crippen LogP contribution is 2.40. The Balaban J connectivity index is 0.786. The Kier molecular flexibility index (Phi) is 16.4. The first-order valence-electron chi connectivity index (χ1n) is 24.1. The van der Waals surface area contributed by atoms with Crippen molar-refractivity contribution in [3.63, 3.8) is 0 Å². The third kappa shape index (κ3) is 12.2. The van der Waals surface area contributed by atoms with Crippen LogP contribution in [-0.4, -0.2) is 98.7 Å². The van der Waals surface area contributed by atoms with E-state index in [0.717, 1.165) is 43.4 Å². The van der Waals surface area contributed by atoms with Crippen molar-refractivity contribution in [2.75, 3.05) is 31.7 Å². The number of rotatable bonds is 18. The van der Waals surface area contributed by atoms with Crippen LogP contribution in [0.3, 0.4) is 0 Å². The summed E-state index contributed by atoms with van der Waals surface area (Å²) in [5.74, 6) is 0.360. The lowest BCUT2D eigenvalue weighted by molar-refractivity contribution is -0.144. The zero-order valence-corrected chi connectivity index (χ0v) is 44.0. The summed E-state index contributed by atoms with van der Waals surface area (Å²) in [6, 6.07) is 22.4. The SMILES string of the molecule is Cc1ccsc1-c1ccc(CNC(=O)[C@@H]2C[C@@H](O)CN2C(=O)[C@@H](NC(=O)COCCCCOc2cccc(NC(=O)C[C@@H]3N=C(c4ccc(Cl)cc4)c4c(sc(C)c4C)-n4c(C)nnc43)c2)C(C)(C)C)cc1. The van der Waals surface area contributed by atoms with E-state index in [-0.39, 0.29) is 51.0 Å². The summed E-state index contributed by atoms with van der Waals surface area (Å²) in [4.78, 5) is 63.4. The molecule has 2 aliphatic heterocycles. The number of hydrogen-bond donors (Lipinski definition) is 4. The second-order valence-electron chi connectivity index (χ2n) is 19.4. The number of nitrogens with one attached hydrogen (secondary N) is 3. The monoisotopic (exact) mass is 1030 g/mol. The third-order valence-corrected chi connectivity index (χ3v) is 15.4. The predicted octanol–water partition coefficient (Wildman–Crippen LogP) is 8.85. The molecule has 0 spiro atoms. The summed E-state index contributed by atoms with van der Waals surface area (Å²) < 4.78 is 13.7. The lowest BCUT2D eigenvalue weighted by Crippen LogP contribution is -2.58. The maximum atomic E-state index is 14.1. The third-order valence-electron chi connectivity index (χ3n) is 12.9. The van der Waals surface area contributed by atoms with E-state index in [4.69, 9.17) is 26.1 Å². The second kappa shape index (κ2) is 22.7. The van der Waals surface area contributed by atoms with Crippen molar-refractivity contribution in [1.82, 2.24) is 30.3 Å². The van der Waals surface area contributed by atoms with Gasteiger partial charge in [-0.3, -0.25) is 28.7 Å². The van der Waals surface area contributed by atoms with Crippen molar-refractivity contribution >= 4 is 69.3 Å². The van der Waals surface area contributed by atoms with Crippen molar-refractivity contribution in [3.8, 4) is 21.2 Å². The molecule has 4 amide bonds. The average Bonchev–Trinajstić information content (AvgIpc) is 4.11. The van der Waals surface area contributed by atoms with Crippen LogP contribution in [0.25, 0.3) is 15.4 Å². The van der Waals surface area contributed by atoms with Gasteiger partial charge in [0.05, 0.1) is 24.8 Å². The lowest BCUT2D eigenvalue weighted by Gasteiger charge is -2.35. The number of hydrogen-bond acceptors (Lipinski definition) is 12. The van der Waals surface area contributed by atoms with Gasteiger partial charge in [0.15, 0.2) is 5.82 Å². The number of anilines is 1. The number of aryl methyl sites for hydroxylation is 3. The molecule has 0 aliphatic carbocycles. The summed E-state index contributed by atoms with van der Waals surface area (Å²) in [5, 5.41) is 32.0. The molecule has 15 nitrogen and oxygen atoms in total. The fourth-order valence-electron chi connectivity index (χ4n) is 8.92. The number of carbonyl (C=O) groups excluding carboxylic acids is 4. The van der Waals surface area contributed by atoms with Gasteiger partial charge in [-0.1, -0.05) is 74.8 Å². The normalized spacial score (nSPS) is 16.8. The Morgan fingerprint density at radius 2 is 1.65 bits per heavy atom. The zero-order valence-electron chi connectivity index (χ0n) is 41.6. The number of unbranched alkanes of at least 4 members (excludes halogenated alkanes) is 1. The molecule has 1 saturated heterocycles. The molecule has 0 unspecified atom stereocenters. The van der Waals surface area contributed by atoms with Gasteiger partial charge in [-0.25, -0.2) is 0 Å². The maximum absolute atomic E-state index is 14.1. The zero-order chi connectivity index (χ0) is 51.3. The molecule has 18 heteroatoms. The first kappa shape index (κ1) is 52.1. The molecule has 4 atom stereocenters. The van der Waals surface area contributed by atoms with E-state index in [9.17, 15) is 24.3 Å². The minimum atomic E-state index is -0.968. The van der Waals surface area contributed by atoms with Gasteiger partial charge in [0.1, 0.15) is 41.3 Å². The molecule has 4 N–H and O–H groups in total. The van der Waals surface area contributed by atoms with Crippen molar-refractivity contribution in [2.45, 2.75) is 105 Å². The van der Waals surface area contributed by atoms with Crippen molar-refractivity contribution in [1.29, 1.82) is 0 Å². The highest BCUT2D eigenvalue weighted by Gasteiger charge is 2.44. The molecule has 72 heavy (non-hydrogen) atoms. The van der Waals surface area contributed by atoms with Crippen LogP contribution in [0.2, 0.25) is 5.02 Å². The fraction of sp³-hybridized carbons (Fsp3) is 0.389. The molecule has 8 rings (SSSR count). The Labute approximate surface area is 433 Å². The van der Waals surface area contributed by atoms with E-state index < -0.39 is 41.5 Å². The molecule has 378 valence electrons. The van der Waals surface area contributed by atoms with Crippen LogP contribution in [0.4, 0.5) is 5.69 Å². The molecule has 1 fully saturated rings. The standard InChI is InChI=1S/C54H61ClN8O7S2/c1-31-21-24-71-48(31)37-15-13-35(14-16-37)28-56-51(67)43-26-40(64)29-62(43)52(68)49(54(5,6)7)59-45(66)30-69-22-8-9-23-70-41-12-10-11-39(25-41)57-44(65)27-42-50-61-60-34(4)63(50)53-46(32(2)33(3)72-53)47(58-42)36-17-19-38(55)20-18-36/h10-21,24-25,40,42-43,49,64H,8-9,22-23,26-30H2,1-7H3,(H,56,67)(H,57,65)(H,59,66)/t40-,42+,43+,49-/m1/s1. The molecule has 5 heterocycles. The summed E-state index contributed by atoms with van der Waals surface area (Å²) in [6.07, 6.45) is 0.471. The quantitative estimate of drug-likeness (QED) is 0.0610. The van der Waals surface area contributed by atoms with E-state index in [1.165, 1.54) is 15.3 Å². The van der Waals surface area contributed by atoms with Crippen LogP contribution in [0, 0.1) is 33.1 Å². The second-order valence-corrected chi connectivity index (χ2v) is 22.0. The number of β-amino-alcohol motifs (C(OH)–C–C–N with tert-alkyl or cyclic N) is 1. The molecule has 3 aromatic carbocycles. The number of amides is 4. The van der Waals surface area contributed by atoms with Gasteiger partial charge < -0.3 is 35.4 Å².